The SMILES string of the molecule is CC1(C)CCNC(C)(C)CC1. The molecule has 0 aliphatic carbocycles. The van der Waals surface area contributed by atoms with E-state index < -0.39 is 0 Å². The molecule has 1 N–H and O–H groups in total. The summed E-state index contributed by atoms with van der Waals surface area (Å²) in [5, 5.41) is 3.58. The first-order valence-electron chi connectivity index (χ1n) is 4.66. The predicted octanol–water partition coefficient (Wildman–Crippen LogP) is 2.56. The molecule has 66 valence electrons. The second-order valence-corrected chi connectivity index (χ2v) is 5.22. The molecular formula is C10H21N. The minimum atomic E-state index is 0.369. The summed E-state index contributed by atoms with van der Waals surface area (Å²) in [6.07, 6.45) is 3.98. The van der Waals surface area contributed by atoms with Crippen molar-refractivity contribution in [1.29, 1.82) is 0 Å². The first-order chi connectivity index (χ1) is 4.91. The molecule has 0 spiro atoms. The summed E-state index contributed by atoms with van der Waals surface area (Å²) in [5.74, 6) is 0. The minimum Gasteiger partial charge on any atom is -0.312 e. The van der Waals surface area contributed by atoms with Gasteiger partial charge >= 0.3 is 0 Å². The zero-order valence-corrected chi connectivity index (χ0v) is 8.33. The Morgan fingerprint density at radius 1 is 0.909 bits per heavy atom. The maximum absolute atomic E-state index is 3.58. The van der Waals surface area contributed by atoms with Crippen molar-refractivity contribution in [1.82, 2.24) is 5.32 Å². The molecule has 0 bridgehead atoms. The van der Waals surface area contributed by atoms with Crippen molar-refractivity contribution in [2.45, 2.75) is 52.5 Å². The van der Waals surface area contributed by atoms with Crippen LogP contribution in [0.3, 0.4) is 0 Å². The first kappa shape index (κ1) is 9.05. The van der Waals surface area contributed by atoms with Gasteiger partial charge in [0.15, 0.2) is 0 Å². The van der Waals surface area contributed by atoms with Crippen molar-refractivity contribution in [2.75, 3.05) is 6.54 Å². The quantitative estimate of drug-likeness (QED) is 0.567. The highest BCUT2D eigenvalue weighted by molar-refractivity contribution is 4.85. The molecule has 1 aliphatic heterocycles. The highest BCUT2D eigenvalue weighted by Crippen LogP contribution is 2.32. The van der Waals surface area contributed by atoms with Gasteiger partial charge in [-0.3, -0.25) is 0 Å². The average molecular weight is 155 g/mol. The van der Waals surface area contributed by atoms with Crippen LogP contribution in [0, 0.1) is 5.41 Å². The van der Waals surface area contributed by atoms with Crippen LogP contribution >= 0.6 is 0 Å². The Bertz CT molecular complexity index is 120. The molecular weight excluding hydrogens is 134 g/mol. The van der Waals surface area contributed by atoms with E-state index in [-0.39, 0.29) is 0 Å². The van der Waals surface area contributed by atoms with Gasteiger partial charge in [0.05, 0.1) is 0 Å². The summed E-state index contributed by atoms with van der Waals surface area (Å²) in [6, 6.07) is 0. The molecule has 0 aromatic heterocycles. The van der Waals surface area contributed by atoms with E-state index in [1.807, 2.05) is 0 Å². The van der Waals surface area contributed by atoms with Crippen molar-refractivity contribution >= 4 is 0 Å². The van der Waals surface area contributed by atoms with Crippen molar-refractivity contribution in [3.63, 3.8) is 0 Å². The van der Waals surface area contributed by atoms with E-state index in [1.54, 1.807) is 0 Å². The molecule has 0 aromatic carbocycles. The summed E-state index contributed by atoms with van der Waals surface area (Å²) in [5.41, 5.74) is 0.925. The Hall–Kier alpha value is -0.0400. The lowest BCUT2D eigenvalue weighted by Gasteiger charge is -2.24. The van der Waals surface area contributed by atoms with E-state index in [2.05, 4.69) is 33.0 Å². The van der Waals surface area contributed by atoms with Crippen LogP contribution in [-0.2, 0) is 0 Å². The van der Waals surface area contributed by atoms with E-state index in [4.69, 9.17) is 0 Å². The van der Waals surface area contributed by atoms with Gasteiger partial charge < -0.3 is 5.32 Å². The molecule has 11 heavy (non-hydrogen) atoms. The summed E-state index contributed by atoms with van der Waals surface area (Å²) in [6.45, 7) is 10.5. The predicted molar refractivity (Wildman–Crippen MR) is 49.7 cm³/mol. The molecule has 1 fully saturated rings. The van der Waals surface area contributed by atoms with Gasteiger partial charge in [-0.1, -0.05) is 13.8 Å². The number of nitrogens with one attached hydrogen (secondary N) is 1. The van der Waals surface area contributed by atoms with Crippen molar-refractivity contribution < 1.29 is 0 Å². The van der Waals surface area contributed by atoms with Crippen molar-refractivity contribution in [3.05, 3.63) is 0 Å². The lowest BCUT2D eigenvalue weighted by atomic mass is 9.83. The maximum Gasteiger partial charge on any atom is 0.0125 e. The standard InChI is InChI=1S/C10H21N/c1-9(2)5-6-10(3,4)11-8-7-9/h11H,5-8H2,1-4H3. The highest BCUT2D eigenvalue weighted by atomic mass is 15.0. The van der Waals surface area contributed by atoms with Gasteiger partial charge in [0.25, 0.3) is 0 Å². The molecule has 0 aromatic rings. The van der Waals surface area contributed by atoms with E-state index in [9.17, 15) is 0 Å². The third-order valence-electron chi connectivity index (χ3n) is 2.83. The Morgan fingerprint density at radius 2 is 1.55 bits per heavy atom. The Labute approximate surface area is 70.6 Å². The summed E-state index contributed by atoms with van der Waals surface area (Å²) < 4.78 is 0. The zero-order chi connectivity index (χ0) is 8.54. The Morgan fingerprint density at radius 3 is 2.18 bits per heavy atom. The highest BCUT2D eigenvalue weighted by Gasteiger charge is 2.27. The van der Waals surface area contributed by atoms with Crippen LogP contribution in [0.5, 0.6) is 0 Å². The molecule has 1 heteroatoms. The van der Waals surface area contributed by atoms with Gasteiger partial charge in [0.1, 0.15) is 0 Å². The van der Waals surface area contributed by atoms with Crippen LogP contribution in [0.25, 0.3) is 0 Å². The molecule has 1 saturated heterocycles. The van der Waals surface area contributed by atoms with Gasteiger partial charge in [0.2, 0.25) is 0 Å². The Balaban J connectivity index is 2.53. The third-order valence-corrected chi connectivity index (χ3v) is 2.83. The van der Waals surface area contributed by atoms with Crippen LogP contribution in [0.4, 0.5) is 0 Å². The smallest absolute Gasteiger partial charge is 0.0125 e. The van der Waals surface area contributed by atoms with Gasteiger partial charge in [0, 0.05) is 5.54 Å². The molecule has 1 heterocycles. The van der Waals surface area contributed by atoms with Gasteiger partial charge in [-0.2, -0.15) is 0 Å². The largest absolute Gasteiger partial charge is 0.312 e. The van der Waals surface area contributed by atoms with Crippen LogP contribution in [0.15, 0.2) is 0 Å². The molecule has 1 rings (SSSR count). The molecule has 1 nitrogen and oxygen atoms in total. The zero-order valence-electron chi connectivity index (χ0n) is 8.33. The number of rotatable bonds is 0. The van der Waals surface area contributed by atoms with Crippen LogP contribution in [0.1, 0.15) is 47.0 Å². The van der Waals surface area contributed by atoms with Crippen LogP contribution in [0.2, 0.25) is 0 Å². The normalized spacial score (nSPS) is 29.5. The molecule has 0 radical (unpaired) electrons. The fourth-order valence-electron chi connectivity index (χ4n) is 1.60. The topological polar surface area (TPSA) is 12.0 Å². The van der Waals surface area contributed by atoms with E-state index in [0.29, 0.717) is 11.0 Å². The summed E-state index contributed by atoms with van der Waals surface area (Å²) in [4.78, 5) is 0. The fourth-order valence-corrected chi connectivity index (χ4v) is 1.60. The van der Waals surface area contributed by atoms with Crippen LogP contribution in [-0.4, -0.2) is 12.1 Å². The lowest BCUT2D eigenvalue weighted by Crippen LogP contribution is -2.37. The average Bonchev–Trinajstić information content (AvgIpc) is 1.92. The Kier molecular flexibility index (Phi) is 2.29. The van der Waals surface area contributed by atoms with E-state index in [1.165, 1.54) is 25.8 Å². The molecule has 0 amide bonds. The van der Waals surface area contributed by atoms with Gasteiger partial charge in [-0.05, 0) is 45.1 Å². The summed E-state index contributed by atoms with van der Waals surface area (Å²) in [7, 11) is 0. The number of hydrogen-bond acceptors (Lipinski definition) is 1. The molecule has 0 saturated carbocycles. The molecule has 0 atom stereocenters. The maximum atomic E-state index is 3.58. The van der Waals surface area contributed by atoms with E-state index in [0.717, 1.165) is 0 Å². The first-order valence-corrected chi connectivity index (χ1v) is 4.66. The van der Waals surface area contributed by atoms with Gasteiger partial charge in [-0.15, -0.1) is 0 Å². The monoisotopic (exact) mass is 155 g/mol. The second kappa shape index (κ2) is 2.78. The van der Waals surface area contributed by atoms with Crippen LogP contribution < -0.4 is 5.32 Å². The molecule has 0 unspecified atom stereocenters. The lowest BCUT2D eigenvalue weighted by molar-refractivity contribution is 0.308. The third kappa shape index (κ3) is 2.82. The van der Waals surface area contributed by atoms with Gasteiger partial charge in [-0.25, -0.2) is 0 Å². The number of hydrogen-bond donors (Lipinski definition) is 1. The summed E-state index contributed by atoms with van der Waals surface area (Å²) >= 11 is 0. The van der Waals surface area contributed by atoms with Crippen molar-refractivity contribution in [3.8, 4) is 0 Å². The minimum absolute atomic E-state index is 0.369. The van der Waals surface area contributed by atoms with Crippen molar-refractivity contribution in [2.24, 2.45) is 5.41 Å². The molecule has 1 aliphatic rings. The second-order valence-electron chi connectivity index (χ2n) is 5.22. The van der Waals surface area contributed by atoms with E-state index >= 15 is 0 Å². The fraction of sp³-hybridized carbons (Fsp3) is 1.00.